The molecule has 6 aromatic heterocycles. The lowest BCUT2D eigenvalue weighted by Gasteiger charge is -2.45. The molecule has 2 aliphatic rings. The number of anilines is 9. The molecule has 17 aromatic carbocycles. The summed E-state index contributed by atoms with van der Waals surface area (Å²) in [7, 11) is 0. The first-order valence-electron chi connectivity index (χ1n) is 38.0. The van der Waals surface area contributed by atoms with E-state index < -0.39 is 0 Å². The fraction of sp³-hybridized carbons (Fsp3) is 0. The van der Waals surface area contributed by atoms with Gasteiger partial charge >= 0.3 is 0 Å². The largest absolute Gasteiger partial charge is 0.455 e. The number of hydrogen-bond donors (Lipinski definition) is 0. The molecule has 2 aliphatic heterocycles. The highest BCUT2D eigenvalue weighted by Gasteiger charge is 2.45. The smallest absolute Gasteiger partial charge is 0.252 e. The fourth-order valence-corrected chi connectivity index (χ4v) is 18.7. The van der Waals surface area contributed by atoms with E-state index in [9.17, 15) is 0 Å². The fourth-order valence-electron chi connectivity index (χ4n) is 18.7. The van der Waals surface area contributed by atoms with E-state index in [0.717, 1.165) is 244 Å². The number of furan rings is 6. The van der Waals surface area contributed by atoms with Crippen molar-refractivity contribution in [1.82, 2.24) is 0 Å². The van der Waals surface area contributed by atoms with Gasteiger partial charge in [-0.05, 0) is 136 Å². The molecule has 9 nitrogen and oxygen atoms in total. The van der Waals surface area contributed by atoms with E-state index in [-0.39, 0.29) is 6.71 Å². The van der Waals surface area contributed by atoms with Gasteiger partial charge in [-0.3, -0.25) is 0 Å². The van der Waals surface area contributed by atoms with Crippen LogP contribution in [0.15, 0.2) is 378 Å². The third-order valence-corrected chi connectivity index (χ3v) is 23.6. The third-order valence-electron chi connectivity index (χ3n) is 23.6. The highest BCUT2D eigenvalue weighted by molar-refractivity contribution is 7.00. The zero-order valence-corrected chi connectivity index (χ0v) is 59.9. The normalized spacial score (nSPS) is 12.8. The van der Waals surface area contributed by atoms with Crippen molar-refractivity contribution >= 4 is 206 Å². The molecule has 0 amide bonds. The van der Waals surface area contributed by atoms with Crippen LogP contribution in [0.25, 0.3) is 176 Å². The summed E-state index contributed by atoms with van der Waals surface area (Å²) in [5, 5.41) is 12.6. The lowest BCUT2D eigenvalue weighted by molar-refractivity contribution is 0.666. The number of fused-ring (bicyclic) bond motifs is 22. The summed E-state index contributed by atoms with van der Waals surface area (Å²) in [4.78, 5) is 7.44. The van der Waals surface area contributed by atoms with Crippen molar-refractivity contribution in [1.29, 1.82) is 0 Å². The van der Waals surface area contributed by atoms with Crippen LogP contribution in [-0.4, -0.2) is 6.71 Å². The molecule has 520 valence electrons. The molecule has 23 aromatic rings. The molecule has 0 saturated carbocycles. The van der Waals surface area contributed by atoms with Crippen molar-refractivity contribution in [2.24, 2.45) is 0 Å². The topological polar surface area (TPSA) is 88.6 Å². The van der Waals surface area contributed by atoms with Crippen LogP contribution < -0.4 is 31.1 Å². The average Bonchev–Trinajstić information content (AvgIpc) is 0.882. The van der Waals surface area contributed by atoms with Crippen LogP contribution in [0, 0.1) is 0 Å². The molecular formula is C102H58BN3O6. The van der Waals surface area contributed by atoms with Crippen molar-refractivity contribution in [2.45, 2.75) is 0 Å². The Labute approximate surface area is 639 Å². The third kappa shape index (κ3) is 8.79. The van der Waals surface area contributed by atoms with Crippen molar-refractivity contribution in [3.8, 4) is 44.5 Å². The Morgan fingerprint density at radius 3 is 0.830 bits per heavy atom. The molecule has 25 rings (SSSR count). The standard InChI is InChI=1S/C102H58BN3O6/c1-7-43-90-70(25-1)76-35-15-31-66(97(76)107-90)59-21-13-23-63(53-59)104-86-55-61(68-33-17-37-78-72-27-3-9-45-92(72)109-99(68)78)49-51-82(86)103-83-52-50-62(69-34-18-38-79-73-28-4-10-46-93(73)110-100(69)79)56-87(83)105(64-24-14-22-60(54-64)67-32-16-36-77-71-26-2-8-44-91(71)108-98(67)77)89-58-65(57-88(104)96(89)103)106(84-41-19-39-80-74-29-5-11-47-94(74)111-101(80)84)85-42-20-40-81-75-30-6-12-48-95(75)112-102(81)85/h1-58H. The lowest BCUT2D eigenvalue weighted by atomic mass is 9.33. The molecule has 0 fully saturated rings. The molecule has 0 aliphatic carbocycles. The molecule has 0 bridgehead atoms. The van der Waals surface area contributed by atoms with Crippen LogP contribution in [0.2, 0.25) is 0 Å². The van der Waals surface area contributed by atoms with Crippen molar-refractivity contribution in [3.63, 3.8) is 0 Å². The maximum atomic E-state index is 7.25. The summed E-state index contributed by atoms with van der Waals surface area (Å²) in [5.74, 6) is 0. The maximum absolute atomic E-state index is 7.25. The summed E-state index contributed by atoms with van der Waals surface area (Å²) in [6, 6.07) is 126. The quantitative estimate of drug-likeness (QED) is 0.131. The van der Waals surface area contributed by atoms with E-state index in [1.807, 2.05) is 36.4 Å². The zero-order chi connectivity index (χ0) is 73.0. The highest BCUT2D eigenvalue weighted by atomic mass is 16.4. The Hall–Kier alpha value is -15.0. The van der Waals surface area contributed by atoms with Crippen LogP contribution in [-0.2, 0) is 0 Å². The number of rotatable bonds is 9. The highest BCUT2D eigenvalue weighted by Crippen LogP contribution is 2.54. The molecule has 0 atom stereocenters. The van der Waals surface area contributed by atoms with Crippen molar-refractivity contribution < 1.29 is 26.5 Å². The SMILES string of the molecule is c1cc(-c2cccc3c2oc2ccccc23)cc(N2c3cc(-c4cccc5c4oc4ccccc45)ccc3B3c4ccc(-c5cccc6c5oc5ccccc56)cc4N(c4cccc(-c5cccc6c5oc5ccccc56)c4)c4cc(N(c5cccc6c5oc5ccccc56)c5cccc6c5oc5ccccc56)cc2c43)c1. The predicted molar refractivity (Wildman–Crippen MR) is 461 cm³/mol. The lowest BCUT2D eigenvalue weighted by Crippen LogP contribution is -2.61. The predicted octanol–water partition coefficient (Wildman–Crippen LogP) is 27.3. The monoisotopic (exact) mass is 1430 g/mol. The van der Waals surface area contributed by atoms with Crippen LogP contribution in [0.5, 0.6) is 0 Å². The Balaban J connectivity index is 0.822. The van der Waals surface area contributed by atoms with Gasteiger partial charge in [0.1, 0.15) is 55.8 Å². The molecule has 0 spiro atoms. The minimum absolute atomic E-state index is 0.352. The number of para-hydroxylation sites is 12. The van der Waals surface area contributed by atoms with E-state index in [1.165, 1.54) is 0 Å². The molecular weight excluding hydrogens is 1370 g/mol. The second-order valence-corrected chi connectivity index (χ2v) is 29.6. The van der Waals surface area contributed by atoms with Crippen molar-refractivity contribution in [2.75, 3.05) is 14.7 Å². The molecule has 10 heteroatoms. The number of benzene rings is 17. The van der Waals surface area contributed by atoms with Gasteiger partial charge < -0.3 is 41.2 Å². The van der Waals surface area contributed by atoms with Gasteiger partial charge in [0, 0.05) is 121 Å². The first kappa shape index (κ1) is 61.1. The van der Waals surface area contributed by atoms with Crippen LogP contribution >= 0.6 is 0 Å². The Morgan fingerprint density at radius 1 is 0.214 bits per heavy atom. The van der Waals surface area contributed by atoms with Gasteiger partial charge in [-0.25, -0.2) is 0 Å². The summed E-state index contributed by atoms with van der Waals surface area (Å²) >= 11 is 0. The van der Waals surface area contributed by atoms with Gasteiger partial charge in [0.2, 0.25) is 0 Å². The Morgan fingerprint density at radius 2 is 0.491 bits per heavy atom. The molecule has 112 heavy (non-hydrogen) atoms. The average molecular weight is 1430 g/mol. The van der Waals surface area contributed by atoms with Crippen LogP contribution in [0.3, 0.4) is 0 Å². The maximum Gasteiger partial charge on any atom is 0.252 e. The van der Waals surface area contributed by atoms with E-state index in [2.05, 4.69) is 330 Å². The van der Waals surface area contributed by atoms with E-state index in [1.54, 1.807) is 0 Å². The molecule has 0 N–H and O–H groups in total. The van der Waals surface area contributed by atoms with Gasteiger partial charge in [0.25, 0.3) is 6.71 Å². The molecule has 0 unspecified atom stereocenters. The second kappa shape index (κ2) is 23.3. The van der Waals surface area contributed by atoms with Gasteiger partial charge in [-0.15, -0.1) is 0 Å². The van der Waals surface area contributed by atoms with Gasteiger partial charge in [0.05, 0.1) is 17.1 Å². The Kier molecular flexibility index (Phi) is 12.7. The minimum Gasteiger partial charge on any atom is -0.455 e. The van der Waals surface area contributed by atoms with Gasteiger partial charge in [0.15, 0.2) is 11.2 Å². The van der Waals surface area contributed by atoms with Crippen molar-refractivity contribution in [3.05, 3.63) is 352 Å². The molecule has 8 heterocycles. The van der Waals surface area contributed by atoms with E-state index >= 15 is 0 Å². The van der Waals surface area contributed by atoms with Crippen LogP contribution in [0.4, 0.5) is 51.2 Å². The summed E-state index contributed by atoms with van der Waals surface area (Å²) in [6.07, 6.45) is 0. The van der Waals surface area contributed by atoms with E-state index in [0.29, 0.717) is 0 Å². The summed E-state index contributed by atoms with van der Waals surface area (Å²) in [5.41, 5.74) is 29.5. The Bertz CT molecular complexity index is 7520. The number of hydrogen-bond acceptors (Lipinski definition) is 9. The molecule has 0 saturated heterocycles. The van der Waals surface area contributed by atoms with Crippen LogP contribution in [0.1, 0.15) is 0 Å². The summed E-state index contributed by atoms with van der Waals surface area (Å²) < 4.78 is 42.2. The zero-order valence-electron chi connectivity index (χ0n) is 59.9. The van der Waals surface area contributed by atoms with E-state index in [4.69, 9.17) is 26.5 Å². The number of nitrogens with zero attached hydrogens (tertiary/aromatic N) is 3. The second-order valence-electron chi connectivity index (χ2n) is 29.6. The minimum atomic E-state index is -0.352. The van der Waals surface area contributed by atoms with Gasteiger partial charge in [-0.1, -0.05) is 255 Å². The molecule has 0 radical (unpaired) electrons. The summed E-state index contributed by atoms with van der Waals surface area (Å²) in [6.45, 7) is -0.352. The first-order valence-corrected chi connectivity index (χ1v) is 38.0. The first-order chi connectivity index (χ1) is 55.5. The van der Waals surface area contributed by atoms with Gasteiger partial charge in [-0.2, -0.15) is 0 Å².